The molecule has 1 saturated heterocycles. The topological polar surface area (TPSA) is 56.8 Å². The number of nitrogens with one attached hydrogen (secondary N) is 2. The summed E-state index contributed by atoms with van der Waals surface area (Å²) in [5.41, 5.74) is 2.40. The second kappa shape index (κ2) is 6.77. The second-order valence-electron chi connectivity index (χ2n) is 5.58. The zero-order chi connectivity index (χ0) is 17.3. The van der Waals surface area contributed by atoms with E-state index in [1.807, 2.05) is 60.2 Å². The molecule has 3 rings (SSSR count). The molecule has 0 bridgehead atoms. The highest BCUT2D eigenvalue weighted by Crippen LogP contribution is 2.35. The van der Waals surface area contributed by atoms with Crippen molar-refractivity contribution in [1.29, 1.82) is 5.41 Å². The van der Waals surface area contributed by atoms with Crippen molar-refractivity contribution in [2.24, 2.45) is 0 Å². The summed E-state index contributed by atoms with van der Waals surface area (Å²) in [5.74, 6) is 1.91. The predicted molar refractivity (Wildman–Crippen MR) is 99.3 cm³/mol. The van der Waals surface area contributed by atoms with E-state index >= 15 is 0 Å². The Balaban J connectivity index is 2.21. The largest absolute Gasteiger partial charge is 0.310 e. The Hall–Kier alpha value is -2.14. The van der Waals surface area contributed by atoms with E-state index < -0.39 is 6.04 Å². The number of hydrogen-bond acceptors (Lipinski definition) is 3. The minimum Gasteiger partial charge on any atom is -0.310 e. The molecule has 1 amide bonds. The lowest BCUT2D eigenvalue weighted by Gasteiger charge is -2.29. The Morgan fingerprint density at radius 2 is 1.96 bits per heavy atom. The number of carbonyl (C=O) groups excluding carboxylic acids is 1. The fourth-order valence-electron chi connectivity index (χ4n) is 3.00. The molecule has 2 aromatic rings. The molecular weight excluding hydrogens is 386 g/mol. The summed E-state index contributed by atoms with van der Waals surface area (Å²) in [6, 6.07) is 13.0. The van der Waals surface area contributed by atoms with Gasteiger partial charge in [-0.1, -0.05) is 46.3 Å². The van der Waals surface area contributed by atoms with Crippen LogP contribution in [0.15, 0.2) is 58.7 Å². The number of rotatable bonds is 2. The molecule has 2 atom stereocenters. The maximum Gasteiger partial charge on any atom is 0.295 e. The molecule has 6 heteroatoms. The number of aryl methyl sites for hydroxylation is 1. The zero-order valence-electron chi connectivity index (χ0n) is 12.9. The summed E-state index contributed by atoms with van der Waals surface area (Å²) in [5, 5.41) is 10.4. The van der Waals surface area contributed by atoms with Gasteiger partial charge in [0.25, 0.3) is 5.91 Å². The van der Waals surface area contributed by atoms with Gasteiger partial charge in [0.2, 0.25) is 6.04 Å². The third-order valence-electron chi connectivity index (χ3n) is 4.14. The van der Waals surface area contributed by atoms with E-state index in [1.165, 1.54) is 0 Å². The van der Waals surface area contributed by atoms with Crippen LogP contribution in [0.2, 0.25) is 0 Å². The SMILES string of the molecule is Cc1cccc[n+]1C1C(=O)NC(=S)C(=C=N)C1c1ccc(Br)cc1. The number of piperidine rings is 1. The van der Waals surface area contributed by atoms with Crippen molar-refractivity contribution in [3.8, 4) is 0 Å². The standard InChI is InChI=1S/C18H14BrN3OS/c1-11-4-2-3-9-22(11)16-15(12-5-7-13(19)8-6-12)14(10-20)18(24)21-17(16)23/h2-9,15-16,20H,1H3/p+1. The molecule has 1 aromatic carbocycles. The number of thiocarbonyl (C=S) groups is 1. The molecule has 1 fully saturated rings. The van der Waals surface area contributed by atoms with Gasteiger partial charge in [0.05, 0.1) is 11.5 Å². The minimum absolute atomic E-state index is 0.175. The maximum absolute atomic E-state index is 12.7. The fourth-order valence-corrected chi connectivity index (χ4v) is 3.54. The van der Waals surface area contributed by atoms with Gasteiger partial charge in [-0.25, -0.2) is 0 Å². The lowest BCUT2D eigenvalue weighted by molar-refractivity contribution is -0.717. The van der Waals surface area contributed by atoms with Gasteiger partial charge in [-0.15, -0.1) is 0 Å². The van der Waals surface area contributed by atoms with Crippen LogP contribution < -0.4 is 9.88 Å². The molecule has 2 heterocycles. The van der Waals surface area contributed by atoms with Crippen molar-refractivity contribution in [2.75, 3.05) is 0 Å². The predicted octanol–water partition coefficient (Wildman–Crippen LogP) is 3.00. The molecule has 4 nitrogen and oxygen atoms in total. The maximum atomic E-state index is 12.7. The Morgan fingerprint density at radius 3 is 2.58 bits per heavy atom. The molecule has 2 unspecified atom stereocenters. The summed E-state index contributed by atoms with van der Waals surface area (Å²) in [4.78, 5) is 13.0. The first-order valence-electron chi connectivity index (χ1n) is 7.40. The first kappa shape index (κ1) is 16.7. The normalized spacial score (nSPS) is 20.5. The molecule has 0 saturated carbocycles. The number of aromatic nitrogens is 1. The summed E-state index contributed by atoms with van der Waals surface area (Å²) in [6.45, 7) is 1.95. The van der Waals surface area contributed by atoms with Crippen molar-refractivity contribution in [1.82, 2.24) is 5.32 Å². The van der Waals surface area contributed by atoms with Crippen molar-refractivity contribution in [3.05, 3.63) is 70.0 Å². The highest BCUT2D eigenvalue weighted by atomic mass is 79.9. The number of benzene rings is 1. The van der Waals surface area contributed by atoms with E-state index in [2.05, 4.69) is 27.1 Å². The van der Waals surface area contributed by atoms with Crippen LogP contribution >= 0.6 is 28.1 Å². The van der Waals surface area contributed by atoms with Crippen LogP contribution in [0.25, 0.3) is 0 Å². The molecule has 0 spiro atoms. The quantitative estimate of drug-likeness (QED) is 0.352. The van der Waals surface area contributed by atoms with Crippen LogP contribution in [0.4, 0.5) is 0 Å². The number of carbonyl (C=O) groups is 1. The summed E-state index contributed by atoms with van der Waals surface area (Å²) >= 11 is 8.70. The second-order valence-corrected chi connectivity index (χ2v) is 6.90. The van der Waals surface area contributed by atoms with Gasteiger partial charge in [0, 0.05) is 23.5 Å². The third-order valence-corrected chi connectivity index (χ3v) is 4.99. The molecule has 120 valence electrons. The zero-order valence-corrected chi connectivity index (χ0v) is 15.3. The lowest BCUT2D eigenvalue weighted by Crippen LogP contribution is -2.57. The van der Waals surface area contributed by atoms with Gasteiger partial charge in [-0.05, 0) is 23.6 Å². The molecule has 24 heavy (non-hydrogen) atoms. The first-order chi connectivity index (χ1) is 11.5. The number of hydrogen-bond donors (Lipinski definition) is 2. The van der Waals surface area contributed by atoms with Crippen LogP contribution in [0.1, 0.15) is 23.2 Å². The molecule has 1 aromatic heterocycles. The third kappa shape index (κ3) is 2.96. The Kier molecular flexibility index (Phi) is 4.71. The highest BCUT2D eigenvalue weighted by molar-refractivity contribution is 9.10. The summed E-state index contributed by atoms with van der Waals surface area (Å²) in [7, 11) is 0. The van der Waals surface area contributed by atoms with E-state index in [9.17, 15) is 4.79 Å². The van der Waals surface area contributed by atoms with Crippen molar-refractivity contribution >= 4 is 44.9 Å². The number of halogens is 1. The molecule has 1 aliphatic heterocycles. The average molecular weight is 401 g/mol. The number of amides is 1. The molecular formula is C18H15BrN3OS+. The molecule has 0 aliphatic carbocycles. The monoisotopic (exact) mass is 400 g/mol. The van der Waals surface area contributed by atoms with E-state index in [1.54, 1.807) is 0 Å². The van der Waals surface area contributed by atoms with Gasteiger partial charge >= 0.3 is 0 Å². The molecule has 2 N–H and O–H groups in total. The van der Waals surface area contributed by atoms with E-state index in [0.717, 1.165) is 15.7 Å². The van der Waals surface area contributed by atoms with Crippen LogP contribution in [-0.4, -0.2) is 16.8 Å². The lowest BCUT2D eigenvalue weighted by atomic mass is 9.81. The highest BCUT2D eigenvalue weighted by Gasteiger charge is 2.46. The van der Waals surface area contributed by atoms with E-state index in [4.69, 9.17) is 17.6 Å². The van der Waals surface area contributed by atoms with E-state index in [-0.39, 0.29) is 16.8 Å². The summed E-state index contributed by atoms with van der Waals surface area (Å²) in [6.07, 6.45) is 1.88. The van der Waals surface area contributed by atoms with Crippen LogP contribution in [0.5, 0.6) is 0 Å². The Morgan fingerprint density at radius 1 is 1.25 bits per heavy atom. The molecule has 0 radical (unpaired) electrons. The average Bonchev–Trinajstić information content (AvgIpc) is 2.56. The van der Waals surface area contributed by atoms with Crippen LogP contribution in [-0.2, 0) is 4.79 Å². The Bertz CT molecular complexity index is 872. The van der Waals surface area contributed by atoms with Gasteiger partial charge in [0.15, 0.2) is 11.9 Å². The van der Waals surface area contributed by atoms with Gasteiger partial charge in [-0.3, -0.25) is 10.2 Å². The van der Waals surface area contributed by atoms with Gasteiger partial charge in [0.1, 0.15) is 4.99 Å². The van der Waals surface area contributed by atoms with Gasteiger partial charge < -0.3 is 5.32 Å². The van der Waals surface area contributed by atoms with Crippen molar-refractivity contribution in [2.45, 2.75) is 18.9 Å². The number of pyridine rings is 1. The minimum atomic E-state index is -0.521. The summed E-state index contributed by atoms with van der Waals surface area (Å²) < 4.78 is 2.87. The van der Waals surface area contributed by atoms with E-state index in [0.29, 0.717) is 5.57 Å². The smallest absolute Gasteiger partial charge is 0.295 e. The Labute approximate surface area is 153 Å². The number of nitrogens with zero attached hydrogens (tertiary/aromatic N) is 1. The van der Waals surface area contributed by atoms with Crippen LogP contribution in [0, 0.1) is 12.3 Å². The first-order valence-corrected chi connectivity index (χ1v) is 8.60. The fraction of sp³-hybridized carbons (Fsp3) is 0.167. The molecule has 1 aliphatic rings. The van der Waals surface area contributed by atoms with Gasteiger partial charge in [-0.2, -0.15) is 4.57 Å². The van der Waals surface area contributed by atoms with Crippen molar-refractivity contribution in [3.63, 3.8) is 0 Å². The van der Waals surface area contributed by atoms with Crippen molar-refractivity contribution < 1.29 is 9.36 Å². The van der Waals surface area contributed by atoms with Crippen LogP contribution in [0.3, 0.4) is 0 Å².